The van der Waals surface area contributed by atoms with E-state index in [1.165, 1.54) is 0 Å². The van der Waals surface area contributed by atoms with Crippen LogP contribution < -0.4 is 0 Å². The summed E-state index contributed by atoms with van der Waals surface area (Å²) in [5.41, 5.74) is 0.720. The lowest BCUT2D eigenvalue weighted by atomic mass is 10.4. The van der Waals surface area contributed by atoms with Crippen LogP contribution in [0.3, 0.4) is 0 Å². The van der Waals surface area contributed by atoms with Crippen molar-refractivity contribution in [2.75, 3.05) is 0 Å². The molecule has 1 aromatic rings. The van der Waals surface area contributed by atoms with Gasteiger partial charge >= 0.3 is 0 Å². The summed E-state index contributed by atoms with van der Waals surface area (Å²) < 4.78 is 16.1. The predicted octanol–water partition coefficient (Wildman–Crippen LogP) is 1.45. The van der Waals surface area contributed by atoms with Crippen molar-refractivity contribution in [1.82, 2.24) is 5.16 Å². The Kier molecular flexibility index (Phi) is 1.28. The van der Waals surface area contributed by atoms with E-state index in [9.17, 15) is 4.39 Å². The van der Waals surface area contributed by atoms with Crippen LogP contribution in [-0.2, 0) is 6.67 Å². The number of alkyl halides is 1. The topological polar surface area (TPSA) is 26.0 Å². The van der Waals surface area contributed by atoms with Crippen molar-refractivity contribution in [3.8, 4) is 0 Å². The maximum absolute atomic E-state index is 11.6. The molecule has 0 aromatic carbocycles. The monoisotopic (exact) mass is 115 g/mol. The lowest BCUT2D eigenvalue weighted by Gasteiger charge is -1.73. The van der Waals surface area contributed by atoms with Crippen molar-refractivity contribution in [1.29, 1.82) is 0 Å². The number of hydrogen-bond acceptors (Lipinski definition) is 2. The maximum atomic E-state index is 11.6. The maximum Gasteiger partial charge on any atom is 0.167 e. The van der Waals surface area contributed by atoms with Gasteiger partial charge in [0.05, 0.1) is 5.69 Å². The van der Waals surface area contributed by atoms with Crippen LogP contribution in [0.25, 0.3) is 0 Å². The molecule has 2 nitrogen and oxygen atoms in total. The molecule has 0 bridgehead atoms. The Hall–Kier alpha value is -0.860. The summed E-state index contributed by atoms with van der Waals surface area (Å²) in [4.78, 5) is 0. The van der Waals surface area contributed by atoms with Crippen molar-refractivity contribution >= 4 is 0 Å². The summed E-state index contributed by atoms with van der Waals surface area (Å²) >= 11 is 0. The number of rotatable bonds is 1. The number of aromatic nitrogens is 1. The predicted molar refractivity (Wildman–Crippen MR) is 26.1 cm³/mol. The van der Waals surface area contributed by atoms with Gasteiger partial charge in [-0.25, -0.2) is 4.39 Å². The van der Waals surface area contributed by atoms with Gasteiger partial charge in [-0.15, -0.1) is 0 Å². The van der Waals surface area contributed by atoms with Crippen molar-refractivity contribution < 1.29 is 8.91 Å². The molecule has 3 heteroatoms. The van der Waals surface area contributed by atoms with Crippen molar-refractivity contribution in [2.24, 2.45) is 0 Å². The second kappa shape index (κ2) is 1.94. The highest BCUT2D eigenvalue weighted by Gasteiger charge is 1.95. The molecular formula is C5H6FNO. The van der Waals surface area contributed by atoms with Gasteiger partial charge in [0.1, 0.15) is 6.67 Å². The second-order valence-electron chi connectivity index (χ2n) is 1.57. The van der Waals surface area contributed by atoms with E-state index in [2.05, 4.69) is 9.68 Å². The molecular weight excluding hydrogens is 109 g/mol. The zero-order valence-electron chi connectivity index (χ0n) is 4.52. The largest absolute Gasteiger partial charge is 0.358 e. The van der Waals surface area contributed by atoms with Crippen LogP contribution in [-0.4, -0.2) is 5.16 Å². The van der Waals surface area contributed by atoms with Gasteiger partial charge in [-0.1, -0.05) is 5.16 Å². The van der Waals surface area contributed by atoms with Gasteiger partial charge in [-0.3, -0.25) is 0 Å². The minimum atomic E-state index is -0.569. The standard InChI is InChI=1S/C5H6FNO/c1-4-2-5(3-6)8-7-4/h2H,3H2,1H3. The van der Waals surface area contributed by atoms with Gasteiger partial charge < -0.3 is 4.52 Å². The first-order valence-electron chi connectivity index (χ1n) is 2.31. The van der Waals surface area contributed by atoms with E-state index in [-0.39, 0.29) is 0 Å². The Labute approximate surface area is 46.3 Å². The first kappa shape index (κ1) is 5.28. The highest BCUT2D eigenvalue weighted by atomic mass is 19.1. The molecule has 0 saturated carbocycles. The smallest absolute Gasteiger partial charge is 0.167 e. The Morgan fingerprint density at radius 2 is 2.62 bits per heavy atom. The van der Waals surface area contributed by atoms with Gasteiger partial charge in [0, 0.05) is 6.07 Å². The van der Waals surface area contributed by atoms with E-state index >= 15 is 0 Å². The summed E-state index contributed by atoms with van der Waals surface area (Å²) in [7, 11) is 0. The van der Waals surface area contributed by atoms with Crippen LogP contribution in [0.5, 0.6) is 0 Å². The van der Waals surface area contributed by atoms with Gasteiger partial charge in [-0.2, -0.15) is 0 Å². The summed E-state index contributed by atoms with van der Waals surface area (Å²) in [6.07, 6.45) is 0. The molecule has 0 atom stereocenters. The summed E-state index contributed by atoms with van der Waals surface area (Å²) in [6, 6.07) is 1.57. The molecule has 44 valence electrons. The second-order valence-corrected chi connectivity index (χ2v) is 1.57. The first-order chi connectivity index (χ1) is 3.83. The molecule has 0 N–H and O–H groups in total. The third-order valence-electron chi connectivity index (χ3n) is 0.808. The van der Waals surface area contributed by atoms with Crippen LogP contribution in [0.2, 0.25) is 0 Å². The minimum Gasteiger partial charge on any atom is -0.358 e. The molecule has 0 fully saturated rings. The molecule has 0 unspecified atom stereocenters. The molecule has 0 aliphatic heterocycles. The van der Waals surface area contributed by atoms with Crippen molar-refractivity contribution in [3.05, 3.63) is 17.5 Å². The van der Waals surface area contributed by atoms with Crippen LogP contribution in [0.1, 0.15) is 11.5 Å². The van der Waals surface area contributed by atoms with Crippen LogP contribution >= 0.6 is 0 Å². The van der Waals surface area contributed by atoms with E-state index in [1.54, 1.807) is 13.0 Å². The fourth-order valence-corrected chi connectivity index (χ4v) is 0.479. The SMILES string of the molecule is Cc1cc(CF)on1. The normalized spacial score (nSPS) is 9.75. The van der Waals surface area contributed by atoms with Gasteiger partial charge in [0.25, 0.3) is 0 Å². The minimum absolute atomic E-state index is 0.294. The molecule has 0 spiro atoms. The van der Waals surface area contributed by atoms with Crippen molar-refractivity contribution in [3.63, 3.8) is 0 Å². The highest BCUT2D eigenvalue weighted by molar-refractivity contribution is 5.01. The number of nitrogens with zero attached hydrogens (tertiary/aromatic N) is 1. The zero-order valence-corrected chi connectivity index (χ0v) is 4.52. The Bertz CT molecular complexity index is 173. The van der Waals surface area contributed by atoms with E-state index in [4.69, 9.17) is 0 Å². The van der Waals surface area contributed by atoms with Crippen LogP contribution in [0, 0.1) is 6.92 Å². The number of hydrogen-bond donors (Lipinski definition) is 0. The van der Waals surface area contributed by atoms with Crippen molar-refractivity contribution in [2.45, 2.75) is 13.6 Å². The Morgan fingerprint density at radius 3 is 2.88 bits per heavy atom. The molecule has 8 heavy (non-hydrogen) atoms. The fraction of sp³-hybridized carbons (Fsp3) is 0.400. The summed E-state index contributed by atoms with van der Waals surface area (Å²) in [6.45, 7) is 1.18. The first-order valence-corrected chi connectivity index (χ1v) is 2.31. The van der Waals surface area contributed by atoms with E-state index in [0.29, 0.717) is 5.76 Å². The number of aryl methyl sites for hydroxylation is 1. The quantitative estimate of drug-likeness (QED) is 0.553. The lowest BCUT2D eigenvalue weighted by molar-refractivity contribution is 0.328. The highest BCUT2D eigenvalue weighted by Crippen LogP contribution is 2.01. The molecule has 1 aromatic heterocycles. The van der Waals surface area contributed by atoms with E-state index in [1.807, 2.05) is 0 Å². The molecule has 0 amide bonds. The third-order valence-corrected chi connectivity index (χ3v) is 0.808. The van der Waals surface area contributed by atoms with Gasteiger partial charge in [0.15, 0.2) is 5.76 Å². The summed E-state index contributed by atoms with van der Waals surface area (Å²) in [5.74, 6) is 0.294. The molecule has 0 aliphatic rings. The van der Waals surface area contributed by atoms with Crippen LogP contribution in [0.4, 0.5) is 4.39 Å². The molecule has 0 saturated heterocycles. The average molecular weight is 115 g/mol. The Morgan fingerprint density at radius 1 is 1.88 bits per heavy atom. The molecule has 1 rings (SSSR count). The van der Waals surface area contributed by atoms with Gasteiger partial charge in [0.2, 0.25) is 0 Å². The zero-order chi connectivity index (χ0) is 5.98. The van der Waals surface area contributed by atoms with Crippen LogP contribution in [0.15, 0.2) is 10.6 Å². The molecule has 0 aliphatic carbocycles. The fourth-order valence-electron chi connectivity index (χ4n) is 0.479. The lowest BCUT2D eigenvalue weighted by Crippen LogP contribution is -1.65. The molecule has 0 radical (unpaired) electrons. The third kappa shape index (κ3) is 0.857. The Balaban J connectivity index is 2.84. The number of halogens is 1. The van der Waals surface area contributed by atoms with Gasteiger partial charge in [-0.05, 0) is 6.92 Å². The average Bonchev–Trinajstić information content (AvgIpc) is 2.14. The summed E-state index contributed by atoms with van der Waals surface area (Å²) in [5, 5.41) is 3.47. The van der Waals surface area contributed by atoms with E-state index in [0.717, 1.165) is 5.69 Å². The van der Waals surface area contributed by atoms with E-state index < -0.39 is 6.67 Å². The molecule has 1 heterocycles.